The van der Waals surface area contributed by atoms with Crippen LogP contribution in [0.25, 0.3) is 10.4 Å². The van der Waals surface area contributed by atoms with Gasteiger partial charge in [0.05, 0.1) is 12.6 Å². The predicted octanol–water partition coefficient (Wildman–Crippen LogP) is 7.94. The molecule has 0 fully saturated rings. The smallest absolute Gasteiger partial charge is 0.265 e. The maximum absolute atomic E-state index is 9.38. The Hall–Kier alpha value is -2.78. The Morgan fingerprint density at radius 1 is 1.12 bits per heavy atom. The Kier molecular flexibility index (Phi) is 7.98. The highest BCUT2D eigenvalue weighted by atomic mass is 15.1. The Balaban J connectivity index is 1.88. The van der Waals surface area contributed by atoms with Crippen molar-refractivity contribution in [1.29, 1.82) is 5.26 Å². The average molecular weight is 428 g/mol. The van der Waals surface area contributed by atoms with Crippen LogP contribution < -0.4 is 4.90 Å². The highest BCUT2D eigenvalue weighted by Gasteiger charge is 2.38. The zero-order valence-electron chi connectivity index (χ0n) is 20.2. The molecule has 2 aliphatic carbocycles. The summed E-state index contributed by atoms with van der Waals surface area (Å²) in [5.74, 6) is 0.485. The molecule has 32 heavy (non-hydrogen) atoms. The summed E-state index contributed by atoms with van der Waals surface area (Å²) in [6, 6.07) is 11.2. The van der Waals surface area contributed by atoms with Crippen molar-refractivity contribution in [2.24, 2.45) is 11.3 Å². The van der Waals surface area contributed by atoms with Gasteiger partial charge in [-0.2, -0.15) is 0 Å². The number of rotatable bonds is 8. The molecular weight excluding hydrogens is 390 g/mol. The number of nitrogens with zero attached hydrogens (tertiary/aromatic N) is 3. The second kappa shape index (κ2) is 10.7. The molecule has 0 bridgehead atoms. The zero-order chi connectivity index (χ0) is 23.1. The molecule has 0 radical (unpaired) electrons. The fourth-order valence-corrected chi connectivity index (χ4v) is 5.19. The third-order valence-corrected chi connectivity index (χ3v) is 7.06. The van der Waals surface area contributed by atoms with Crippen molar-refractivity contribution < 1.29 is 0 Å². The highest BCUT2D eigenvalue weighted by Crippen LogP contribution is 2.50. The lowest BCUT2D eigenvalue weighted by atomic mass is 9.62. The van der Waals surface area contributed by atoms with E-state index in [1.54, 1.807) is 0 Å². The number of benzene rings is 1. The van der Waals surface area contributed by atoms with E-state index in [4.69, 9.17) is 6.57 Å². The van der Waals surface area contributed by atoms with Crippen LogP contribution in [-0.2, 0) is 0 Å². The van der Waals surface area contributed by atoms with Crippen LogP contribution in [0.3, 0.4) is 0 Å². The molecule has 0 heterocycles. The monoisotopic (exact) mass is 427 g/mol. The van der Waals surface area contributed by atoms with E-state index < -0.39 is 0 Å². The Morgan fingerprint density at radius 3 is 2.34 bits per heavy atom. The third-order valence-electron chi connectivity index (χ3n) is 7.06. The maximum atomic E-state index is 9.38. The lowest BCUT2D eigenvalue weighted by Gasteiger charge is -2.42. The summed E-state index contributed by atoms with van der Waals surface area (Å²) >= 11 is 0. The second-order valence-electron chi connectivity index (χ2n) is 9.91. The SMILES string of the molecule is [C-]#[N+]C(C#N)=C1C=C2C=C(c3ccc(N(CCCC)CCCC)cc3)CCC2C(C)(C)C1. The minimum Gasteiger partial charge on any atom is -0.372 e. The van der Waals surface area contributed by atoms with Crippen molar-refractivity contribution in [1.82, 2.24) is 0 Å². The van der Waals surface area contributed by atoms with Gasteiger partial charge in [-0.25, -0.2) is 10.1 Å². The zero-order valence-corrected chi connectivity index (χ0v) is 20.2. The lowest BCUT2D eigenvalue weighted by Crippen LogP contribution is -2.31. The Labute approximate surface area is 194 Å². The van der Waals surface area contributed by atoms with Gasteiger partial charge in [0, 0.05) is 18.8 Å². The van der Waals surface area contributed by atoms with E-state index in [2.05, 4.69) is 79.9 Å². The normalized spacial score (nSPS) is 20.9. The molecule has 2 aliphatic rings. The number of anilines is 1. The molecular formula is C29H37N3. The summed E-state index contributed by atoms with van der Waals surface area (Å²) in [7, 11) is 0. The van der Waals surface area contributed by atoms with Gasteiger partial charge >= 0.3 is 0 Å². The van der Waals surface area contributed by atoms with E-state index in [1.165, 1.54) is 48.1 Å². The van der Waals surface area contributed by atoms with E-state index in [0.717, 1.165) is 37.9 Å². The second-order valence-corrected chi connectivity index (χ2v) is 9.91. The van der Waals surface area contributed by atoms with E-state index in [1.807, 2.05) is 0 Å². The topological polar surface area (TPSA) is 31.4 Å². The van der Waals surface area contributed by atoms with Crippen LogP contribution in [0, 0.1) is 29.2 Å². The maximum Gasteiger partial charge on any atom is 0.265 e. The summed E-state index contributed by atoms with van der Waals surface area (Å²) in [6.07, 6.45) is 12.4. The number of allylic oxidation sites excluding steroid dienone is 6. The Morgan fingerprint density at radius 2 is 1.78 bits per heavy atom. The largest absolute Gasteiger partial charge is 0.372 e. The quantitative estimate of drug-likeness (QED) is 0.311. The molecule has 3 heteroatoms. The Bertz CT molecular complexity index is 953. The van der Waals surface area contributed by atoms with Gasteiger partial charge in [0.25, 0.3) is 5.70 Å². The molecule has 168 valence electrons. The van der Waals surface area contributed by atoms with Gasteiger partial charge in [-0.1, -0.05) is 64.8 Å². The number of hydrogen-bond donors (Lipinski definition) is 0. The minimum absolute atomic E-state index is 0.0666. The number of fused-ring (bicyclic) bond motifs is 1. The van der Waals surface area contributed by atoms with Gasteiger partial charge < -0.3 is 4.90 Å². The van der Waals surface area contributed by atoms with Crippen molar-refractivity contribution in [2.75, 3.05) is 18.0 Å². The van der Waals surface area contributed by atoms with Crippen molar-refractivity contribution in [3.63, 3.8) is 0 Å². The first-order valence-electron chi connectivity index (χ1n) is 12.2. The minimum atomic E-state index is 0.0666. The molecule has 1 atom stereocenters. The van der Waals surface area contributed by atoms with Crippen molar-refractivity contribution >= 4 is 11.3 Å². The van der Waals surface area contributed by atoms with E-state index >= 15 is 0 Å². The molecule has 1 unspecified atom stereocenters. The van der Waals surface area contributed by atoms with Gasteiger partial charge in [-0.15, -0.1) is 0 Å². The molecule has 1 aromatic carbocycles. The molecule has 1 aromatic rings. The molecule has 3 rings (SSSR count). The van der Waals surface area contributed by atoms with Crippen molar-refractivity contribution in [2.45, 2.75) is 72.6 Å². The van der Waals surface area contributed by atoms with Crippen molar-refractivity contribution in [3.8, 4) is 6.07 Å². The van der Waals surface area contributed by atoms with Gasteiger partial charge in [-0.05, 0) is 77.9 Å². The molecule has 0 aromatic heterocycles. The fourth-order valence-electron chi connectivity index (χ4n) is 5.19. The van der Waals surface area contributed by atoms with E-state index in [-0.39, 0.29) is 11.1 Å². The summed E-state index contributed by atoms with van der Waals surface area (Å²) in [5, 5.41) is 9.38. The van der Waals surface area contributed by atoms with Gasteiger partial charge in [-0.3, -0.25) is 0 Å². The number of nitriles is 1. The van der Waals surface area contributed by atoms with Gasteiger partial charge in [0.2, 0.25) is 0 Å². The van der Waals surface area contributed by atoms with Gasteiger partial charge in [0.15, 0.2) is 0 Å². The van der Waals surface area contributed by atoms with E-state index in [9.17, 15) is 5.26 Å². The number of unbranched alkanes of at least 4 members (excludes halogenated alkanes) is 2. The lowest BCUT2D eigenvalue weighted by molar-refractivity contribution is 0.227. The van der Waals surface area contributed by atoms with Gasteiger partial charge in [0.1, 0.15) is 0 Å². The predicted molar refractivity (Wildman–Crippen MR) is 135 cm³/mol. The summed E-state index contributed by atoms with van der Waals surface area (Å²) in [6.45, 7) is 18.7. The fraction of sp³-hybridized carbons (Fsp3) is 0.517. The summed E-state index contributed by atoms with van der Waals surface area (Å²) in [4.78, 5) is 6.00. The standard InChI is InChI=1S/C29H37N3/c1-6-8-16-32(17-9-7-2)26-13-10-22(11-14-26)23-12-15-27-24(18-23)19-25(20-29(27,3)4)28(21-30)31-5/h10-11,13-14,18-19,27H,6-9,12,15-17,20H2,1-4H3. The van der Waals surface area contributed by atoms with Crippen molar-refractivity contribution in [3.05, 3.63) is 70.2 Å². The van der Waals surface area contributed by atoms with Crippen LogP contribution >= 0.6 is 0 Å². The van der Waals surface area contributed by atoms with Crippen LogP contribution in [0.15, 0.2) is 53.3 Å². The molecule has 0 spiro atoms. The summed E-state index contributed by atoms with van der Waals surface area (Å²) < 4.78 is 0. The first-order chi connectivity index (χ1) is 15.4. The van der Waals surface area contributed by atoms with Crippen LogP contribution in [0.4, 0.5) is 5.69 Å². The molecule has 0 saturated heterocycles. The molecule has 0 N–H and O–H groups in total. The molecule has 0 amide bonds. The summed E-state index contributed by atoms with van der Waals surface area (Å²) in [5.41, 5.74) is 6.47. The first-order valence-corrected chi connectivity index (χ1v) is 12.2. The van der Waals surface area contributed by atoms with Crippen LogP contribution in [0.2, 0.25) is 0 Å². The average Bonchev–Trinajstić information content (AvgIpc) is 2.79. The van der Waals surface area contributed by atoms with Crippen LogP contribution in [0.1, 0.15) is 78.2 Å². The molecule has 3 nitrogen and oxygen atoms in total. The molecule has 0 aliphatic heterocycles. The van der Waals surface area contributed by atoms with Crippen LogP contribution in [0.5, 0.6) is 0 Å². The first kappa shape index (κ1) is 23.9. The highest BCUT2D eigenvalue weighted by molar-refractivity contribution is 5.72. The number of hydrogen-bond acceptors (Lipinski definition) is 2. The van der Waals surface area contributed by atoms with E-state index in [0.29, 0.717) is 5.92 Å². The molecule has 0 saturated carbocycles. The van der Waals surface area contributed by atoms with Crippen LogP contribution in [-0.4, -0.2) is 13.1 Å². The third kappa shape index (κ3) is 5.34.